The molecule has 0 spiro atoms. The van der Waals surface area contributed by atoms with Crippen LogP contribution in [0.1, 0.15) is 37.0 Å². The van der Waals surface area contributed by atoms with Crippen LogP contribution in [0.4, 0.5) is 0 Å². The van der Waals surface area contributed by atoms with E-state index in [1.54, 1.807) is 4.90 Å². The zero-order chi connectivity index (χ0) is 25.0. The fourth-order valence-electron chi connectivity index (χ4n) is 3.74. The molecule has 0 bridgehead atoms. The molecule has 4 nitrogen and oxygen atoms in total. The van der Waals surface area contributed by atoms with Crippen molar-refractivity contribution >= 4 is 35.2 Å². The van der Waals surface area contributed by atoms with Crippen LogP contribution >= 0.6 is 23.4 Å². The fourth-order valence-corrected chi connectivity index (χ4v) is 4.81. The minimum atomic E-state index is -0.606. The smallest absolute Gasteiger partial charge is 0.243 e. The van der Waals surface area contributed by atoms with Gasteiger partial charge in [-0.1, -0.05) is 91.3 Å². The minimum Gasteiger partial charge on any atom is -0.352 e. The van der Waals surface area contributed by atoms with Gasteiger partial charge in [0.25, 0.3) is 0 Å². The van der Waals surface area contributed by atoms with E-state index in [4.69, 9.17) is 11.6 Å². The van der Waals surface area contributed by atoms with Crippen LogP contribution in [-0.2, 0) is 28.3 Å². The van der Waals surface area contributed by atoms with Gasteiger partial charge in [-0.15, -0.1) is 11.8 Å². The molecule has 0 radical (unpaired) electrons. The first-order chi connectivity index (χ1) is 17.0. The lowest BCUT2D eigenvalue weighted by molar-refractivity contribution is -0.139. The highest BCUT2D eigenvalue weighted by atomic mass is 35.5. The number of rotatable bonds is 12. The number of hydrogen-bond acceptors (Lipinski definition) is 3. The van der Waals surface area contributed by atoms with Gasteiger partial charge in [0, 0.05) is 29.8 Å². The first-order valence-electron chi connectivity index (χ1n) is 12.0. The molecular weight excluding hydrogens is 476 g/mol. The molecule has 6 heteroatoms. The summed E-state index contributed by atoms with van der Waals surface area (Å²) in [5, 5.41) is 3.79. The first-order valence-corrected chi connectivity index (χ1v) is 13.5. The Labute approximate surface area is 218 Å². The molecule has 0 saturated heterocycles. The monoisotopic (exact) mass is 508 g/mol. The zero-order valence-corrected chi connectivity index (χ0v) is 21.9. The summed E-state index contributed by atoms with van der Waals surface area (Å²) in [6.45, 7) is 4.40. The molecule has 2 amide bonds. The van der Waals surface area contributed by atoms with Crippen LogP contribution in [-0.4, -0.2) is 34.6 Å². The van der Waals surface area contributed by atoms with Gasteiger partial charge in [-0.3, -0.25) is 9.59 Å². The van der Waals surface area contributed by atoms with E-state index < -0.39 is 6.04 Å². The lowest BCUT2D eigenvalue weighted by atomic mass is 10.0. The van der Waals surface area contributed by atoms with Crippen molar-refractivity contribution in [1.82, 2.24) is 10.2 Å². The van der Waals surface area contributed by atoms with Crippen molar-refractivity contribution in [3.8, 4) is 0 Å². The van der Waals surface area contributed by atoms with Crippen molar-refractivity contribution in [2.75, 3.05) is 5.75 Å². The normalized spacial score (nSPS) is 12.5. The molecule has 0 heterocycles. The quantitative estimate of drug-likeness (QED) is 0.320. The average molecular weight is 509 g/mol. The summed E-state index contributed by atoms with van der Waals surface area (Å²) in [6.07, 6.45) is 1.28. The maximum atomic E-state index is 13.6. The third-order valence-electron chi connectivity index (χ3n) is 5.85. The van der Waals surface area contributed by atoms with Crippen molar-refractivity contribution in [2.45, 2.75) is 51.1 Å². The third-order valence-corrected chi connectivity index (χ3v) is 7.07. The highest BCUT2D eigenvalue weighted by molar-refractivity contribution is 7.99. The molecule has 3 aromatic rings. The van der Waals surface area contributed by atoms with Crippen LogP contribution in [0.5, 0.6) is 0 Å². The second-order valence-corrected chi connectivity index (χ2v) is 10.1. The largest absolute Gasteiger partial charge is 0.352 e. The second-order valence-electron chi connectivity index (χ2n) is 8.65. The van der Waals surface area contributed by atoms with E-state index in [0.29, 0.717) is 23.7 Å². The topological polar surface area (TPSA) is 49.4 Å². The lowest BCUT2D eigenvalue weighted by Crippen LogP contribution is -2.52. The van der Waals surface area contributed by atoms with Crippen molar-refractivity contribution in [3.05, 3.63) is 107 Å². The first kappa shape index (κ1) is 26.8. The van der Waals surface area contributed by atoms with Gasteiger partial charge in [0.05, 0.1) is 5.75 Å². The molecule has 0 unspecified atom stereocenters. The lowest BCUT2D eigenvalue weighted by Gasteiger charge is -2.32. The Bertz CT molecular complexity index is 1080. The number of nitrogens with one attached hydrogen (secondary N) is 1. The summed E-state index contributed by atoms with van der Waals surface area (Å²) in [5.74, 6) is 0.781. The highest BCUT2D eigenvalue weighted by Gasteiger charge is 2.30. The number of carbonyl (C=O) groups is 2. The Balaban J connectivity index is 1.83. The molecule has 3 rings (SSSR count). The molecule has 0 aliphatic heterocycles. The number of hydrogen-bond donors (Lipinski definition) is 1. The molecule has 1 N–H and O–H groups in total. The molecule has 0 aliphatic carbocycles. The Morgan fingerprint density at radius 3 is 2.17 bits per heavy atom. The molecule has 0 fully saturated rings. The van der Waals surface area contributed by atoms with Gasteiger partial charge in [-0.25, -0.2) is 0 Å². The molecular formula is C29H33ClN2O2S. The summed E-state index contributed by atoms with van der Waals surface area (Å²) in [5.41, 5.74) is 3.09. The Morgan fingerprint density at radius 2 is 1.54 bits per heavy atom. The van der Waals surface area contributed by atoms with Gasteiger partial charge in [0.1, 0.15) is 6.04 Å². The summed E-state index contributed by atoms with van der Waals surface area (Å²) in [6, 6.07) is 26.8. The van der Waals surface area contributed by atoms with Gasteiger partial charge in [-0.05, 0) is 42.2 Å². The molecule has 35 heavy (non-hydrogen) atoms. The van der Waals surface area contributed by atoms with Crippen molar-refractivity contribution in [2.24, 2.45) is 0 Å². The predicted molar refractivity (Wildman–Crippen MR) is 146 cm³/mol. The highest BCUT2D eigenvalue weighted by Crippen LogP contribution is 2.20. The van der Waals surface area contributed by atoms with E-state index in [1.165, 1.54) is 11.8 Å². The standard InChI is InChI=1S/C29H33ClN2O2S/c1-3-22(2)31-29(34)27(18-23-11-6-4-7-12-23)32(19-24-13-8-5-9-14-24)28(33)21-35-20-25-15-10-16-26(30)17-25/h4-17,22,27H,3,18-21H2,1-2H3,(H,31,34)/t22-,27+/m1/s1. The fraction of sp³-hybridized carbons (Fsp3) is 0.310. The predicted octanol–water partition coefficient (Wildman–Crippen LogP) is 6.13. The number of amides is 2. The van der Waals surface area contributed by atoms with Crippen LogP contribution in [0.3, 0.4) is 0 Å². The van der Waals surface area contributed by atoms with Crippen LogP contribution in [0.25, 0.3) is 0 Å². The van der Waals surface area contributed by atoms with E-state index in [2.05, 4.69) is 5.32 Å². The third kappa shape index (κ3) is 8.75. The van der Waals surface area contributed by atoms with E-state index in [-0.39, 0.29) is 23.6 Å². The van der Waals surface area contributed by atoms with Gasteiger partial charge >= 0.3 is 0 Å². The number of thioether (sulfide) groups is 1. The van der Waals surface area contributed by atoms with Crippen LogP contribution in [0, 0.1) is 0 Å². The van der Waals surface area contributed by atoms with E-state index in [0.717, 1.165) is 23.1 Å². The molecule has 2 atom stereocenters. The van der Waals surface area contributed by atoms with Crippen molar-refractivity contribution < 1.29 is 9.59 Å². The molecule has 0 aromatic heterocycles. The average Bonchev–Trinajstić information content (AvgIpc) is 2.87. The summed E-state index contributed by atoms with van der Waals surface area (Å²) in [7, 11) is 0. The summed E-state index contributed by atoms with van der Waals surface area (Å²) < 4.78 is 0. The van der Waals surface area contributed by atoms with Crippen molar-refractivity contribution in [1.29, 1.82) is 0 Å². The minimum absolute atomic E-state index is 0.0339. The van der Waals surface area contributed by atoms with Gasteiger partial charge in [0.2, 0.25) is 11.8 Å². The number of carbonyl (C=O) groups excluding carboxylic acids is 2. The Kier molecular flexibility index (Phi) is 10.7. The van der Waals surface area contributed by atoms with Crippen LogP contribution < -0.4 is 5.32 Å². The number of nitrogens with zero attached hydrogens (tertiary/aromatic N) is 1. The maximum absolute atomic E-state index is 13.6. The van der Waals surface area contributed by atoms with E-state index in [1.807, 2.05) is 98.8 Å². The summed E-state index contributed by atoms with van der Waals surface area (Å²) >= 11 is 7.64. The van der Waals surface area contributed by atoms with E-state index >= 15 is 0 Å². The van der Waals surface area contributed by atoms with Crippen LogP contribution in [0.15, 0.2) is 84.9 Å². The maximum Gasteiger partial charge on any atom is 0.243 e. The van der Waals surface area contributed by atoms with E-state index in [9.17, 15) is 9.59 Å². The second kappa shape index (κ2) is 14.0. The van der Waals surface area contributed by atoms with Gasteiger partial charge < -0.3 is 10.2 Å². The number of benzene rings is 3. The SMILES string of the molecule is CC[C@@H](C)NC(=O)[C@H](Cc1ccccc1)N(Cc1ccccc1)C(=O)CSCc1cccc(Cl)c1. The zero-order valence-electron chi connectivity index (χ0n) is 20.3. The Hall–Kier alpha value is -2.76. The van der Waals surface area contributed by atoms with Crippen molar-refractivity contribution in [3.63, 3.8) is 0 Å². The molecule has 0 saturated carbocycles. The van der Waals surface area contributed by atoms with Gasteiger partial charge in [-0.2, -0.15) is 0 Å². The van der Waals surface area contributed by atoms with Crippen LogP contribution in [0.2, 0.25) is 5.02 Å². The Morgan fingerprint density at radius 1 is 0.914 bits per heavy atom. The number of halogens is 1. The summed E-state index contributed by atoms with van der Waals surface area (Å²) in [4.78, 5) is 28.8. The molecule has 0 aliphatic rings. The van der Waals surface area contributed by atoms with Gasteiger partial charge in [0.15, 0.2) is 0 Å². The molecule has 184 valence electrons. The molecule has 3 aromatic carbocycles.